The van der Waals surface area contributed by atoms with Crippen LogP contribution in [-0.2, 0) is 16.8 Å². The average molecular weight is 338 g/mol. The first-order chi connectivity index (χ1) is 11.0. The summed E-state index contributed by atoms with van der Waals surface area (Å²) >= 11 is 0. The summed E-state index contributed by atoms with van der Waals surface area (Å²) in [4.78, 5) is 0. The molecule has 0 amide bonds. The molecule has 1 saturated carbocycles. The van der Waals surface area contributed by atoms with Crippen molar-refractivity contribution in [3.05, 3.63) is 29.8 Å². The van der Waals surface area contributed by atoms with Crippen LogP contribution >= 0.6 is 0 Å². The topological polar surface area (TPSA) is 49.9 Å². The Morgan fingerprint density at radius 3 is 2.35 bits per heavy atom. The molecule has 1 aromatic carbocycles. The first kappa shape index (κ1) is 16.7. The van der Waals surface area contributed by atoms with Crippen molar-refractivity contribution in [3.8, 4) is 5.75 Å². The molecule has 0 spiro atoms. The van der Waals surface area contributed by atoms with Crippen molar-refractivity contribution < 1.29 is 13.2 Å². The summed E-state index contributed by atoms with van der Waals surface area (Å²) in [6.07, 6.45) is 4.20. The lowest BCUT2D eigenvalue weighted by molar-refractivity contribution is 0.278. The first-order valence-corrected chi connectivity index (χ1v) is 9.82. The van der Waals surface area contributed by atoms with E-state index in [0.717, 1.165) is 37.0 Å². The Kier molecular flexibility index (Phi) is 4.94. The van der Waals surface area contributed by atoms with E-state index in [1.54, 1.807) is 15.7 Å². The molecule has 0 N–H and O–H groups in total. The highest BCUT2D eigenvalue weighted by Crippen LogP contribution is 2.37. The van der Waals surface area contributed by atoms with Gasteiger partial charge in [-0.3, -0.25) is 0 Å². The van der Waals surface area contributed by atoms with Crippen LogP contribution in [0.5, 0.6) is 5.75 Å². The van der Waals surface area contributed by atoms with E-state index in [0.29, 0.717) is 25.6 Å². The number of hydrogen-bond acceptors (Lipinski definition) is 3. The molecule has 1 heterocycles. The number of ether oxygens (including phenoxy) is 1. The van der Waals surface area contributed by atoms with Gasteiger partial charge >= 0.3 is 0 Å². The van der Waals surface area contributed by atoms with Gasteiger partial charge in [-0.25, -0.2) is 0 Å². The van der Waals surface area contributed by atoms with E-state index in [9.17, 15) is 8.42 Å². The van der Waals surface area contributed by atoms with Gasteiger partial charge in [-0.2, -0.15) is 17.0 Å². The second-order valence-electron chi connectivity index (χ2n) is 6.59. The third kappa shape index (κ3) is 3.70. The van der Waals surface area contributed by atoms with Crippen LogP contribution in [0, 0.1) is 5.92 Å². The Labute approximate surface area is 139 Å². The van der Waals surface area contributed by atoms with Crippen LogP contribution in [0.15, 0.2) is 24.3 Å². The molecule has 128 valence electrons. The maximum absolute atomic E-state index is 13.1. The van der Waals surface area contributed by atoms with Crippen molar-refractivity contribution in [2.45, 2.75) is 45.2 Å². The van der Waals surface area contributed by atoms with Crippen LogP contribution in [-0.4, -0.2) is 43.3 Å². The van der Waals surface area contributed by atoms with Crippen LogP contribution in [0.3, 0.4) is 0 Å². The fraction of sp³-hybridized carbons (Fsp3) is 0.647. The minimum Gasteiger partial charge on any atom is -0.497 e. The highest BCUT2D eigenvalue weighted by molar-refractivity contribution is 7.86. The third-order valence-corrected chi connectivity index (χ3v) is 7.02. The Balaban J connectivity index is 1.82. The molecule has 2 fully saturated rings. The fourth-order valence-corrected chi connectivity index (χ4v) is 5.15. The maximum Gasteiger partial charge on any atom is 0.282 e. The van der Waals surface area contributed by atoms with Crippen LogP contribution in [0.4, 0.5) is 0 Å². The molecule has 0 aromatic heterocycles. The molecule has 1 saturated heterocycles. The number of hydrogen-bond donors (Lipinski definition) is 0. The monoisotopic (exact) mass is 338 g/mol. The van der Waals surface area contributed by atoms with Crippen molar-refractivity contribution in [2.75, 3.05) is 20.2 Å². The van der Waals surface area contributed by atoms with Crippen LogP contribution in [0.25, 0.3) is 0 Å². The predicted octanol–water partition coefficient (Wildman–Crippen LogP) is 2.64. The number of methoxy groups -OCH3 is 1. The number of benzene rings is 1. The van der Waals surface area contributed by atoms with Gasteiger partial charge in [0.05, 0.1) is 7.11 Å². The highest BCUT2D eigenvalue weighted by Gasteiger charge is 2.40. The third-order valence-electron chi connectivity index (χ3n) is 4.94. The minimum absolute atomic E-state index is 0.0581. The van der Waals surface area contributed by atoms with Crippen molar-refractivity contribution >= 4 is 10.2 Å². The zero-order valence-corrected chi connectivity index (χ0v) is 14.8. The van der Waals surface area contributed by atoms with Crippen molar-refractivity contribution in [1.82, 2.24) is 8.61 Å². The van der Waals surface area contributed by atoms with Gasteiger partial charge in [-0.1, -0.05) is 12.1 Å². The van der Waals surface area contributed by atoms with E-state index in [4.69, 9.17) is 4.74 Å². The molecule has 2 aliphatic rings. The summed E-state index contributed by atoms with van der Waals surface area (Å²) < 4.78 is 34.7. The van der Waals surface area contributed by atoms with Crippen molar-refractivity contribution in [2.24, 2.45) is 5.92 Å². The second kappa shape index (κ2) is 6.79. The summed E-state index contributed by atoms with van der Waals surface area (Å²) in [5, 5.41) is 0. The zero-order valence-electron chi connectivity index (χ0n) is 13.9. The summed E-state index contributed by atoms with van der Waals surface area (Å²) in [7, 11) is -1.75. The van der Waals surface area contributed by atoms with Gasteiger partial charge < -0.3 is 4.74 Å². The van der Waals surface area contributed by atoms with E-state index in [1.807, 2.05) is 24.3 Å². The highest BCUT2D eigenvalue weighted by atomic mass is 32.2. The van der Waals surface area contributed by atoms with E-state index in [-0.39, 0.29) is 6.04 Å². The molecule has 1 aliphatic carbocycles. The molecule has 23 heavy (non-hydrogen) atoms. The van der Waals surface area contributed by atoms with E-state index < -0.39 is 10.2 Å². The molecular weight excluding hydrogens is 312 g/mol. The number of rotatable bonds is 7. The van der Waals surface area contributed by atoms with Gasteiger partial charge in [-0.05, 0) is 56.2 Å². The molecular formula is C17H26N2O3S. The molecule has 1 aliphatic heterocycles. The fourth-order valence-electron chi connectivity index (χ4n) is 3.23. The van der Waals surface area contributed by atoms with Crippen LogP contribution in [0.2, 0.25) is 0 Å². The summed E-state index contributed by atoms with van der Waals surface area (Å²) in [6, 6.07) is 7.73. The molecule has 0 unspecified atom stereocenters. The maximum atomic E-state index is 13.1. The van der Waals surface area contributed by atoms with Crippen LogP contribution in [0.1, 0.15) is 38.2 Å². The van der Waals surface area contributed by atoms with Gasteiger partial charge in [0.25, 0.3) is 10.2 Å². The Morgan fingerprint density at radius 2 is 1.83 bits per heavy atom. The Bertz CT molecular complexity index is 620. The predicted molar refractivity (Wildman–Crippen MR) is 90.4 cm³/mol. The smallest absolute Gasteiger partial charge is 0.282 e. The van der Waals surface area contributed by atoms with Crippen LogP contribution < -0.4 is 4.74 Å². The quantitative estimate of drug-likeness (QED) is 0.768. The Morgan fingerprint density at radius 1 is 1.22 bits per heavy atom. The second-order valence-corrected chi connectivity index (χ2v) is 8.47. The number of nitrogens with zero attached hydrogens (tertiary/aromatic N) is 2. The molecule has 1 aromatic rings. The lowest BCUT2D eigenvalue weighted by Gasteiger charge is -2.32. The van der Waals surface area contributed by atoms with Crippen molar-refractivity contribution in [1.29, 1.82) is 0 Å². The normalized spacial score (nSPS) is 20.8. The van der Waals surface area contributed by atoms with Crippen molar-refractivity contribution in [3.63, 3.8) is 0 Å². The summed E-state index contributed by atoms with van der Waals surface area (Å²) in [5.74, 6) is 1.29. The lowest BCUT2D eigenvalue weighted by Crippen LogP contribution is -2.47. The van der Waals surface area contributed by atoms with Gasteiger partial charge in [0.15, 0.2) is 0 Å². The zero-order chi connectivity index (χ0) is 16.4. The standard InChI is InChI=1S/C17H26N2O3S/c1-14(16-7-8-16)19(23(20,21)18-11-3-4-12-18)13-15-5-9-17(22-2)10-6-15/h5-6,9-10,14,16H,3-4,7-8,11-13H2,1-2H3/t14-/m0/s1. The van der Waals surface area contributed by atoms with E-state index >= 15 is 0 Å². The van der Waals surface area contributed by atoms with Gasteiger partial charge in [0, 0.05) is 25.7 Å². The summed E-state index contributed by atoms with van der Waals surface area (Å²) in [5.41, 5.74) is 1.00. The molecule has 1 atom stereocenters. The first-order valence-electron chi connectivity index (χ1n) is 8.42. The molecule has 6 heteroatoms. The van der Waals surface area contributed by atoms with Gasteiger partial charge in [0.1, 0.15) is 5.75 Å². The lowest BCUT2D eigenvalue weighted by atomic mass is 10.1. The van der Waals surface area contributed by atoms with E-state index in [2.05, 4.69) is 6.92 Å². The van der Waals surface area contributed by atoms with Gasteiger partial charge in [0.2, 0.25) is 0 Å². The summed E-state index contributed by atoms with van der Waals surface area (Å²) in [6.45, 7) is 3.78. The van der Waals surface area contributed by atoms with E-state index in [1.165, 1.54) is 0 Å². The molecule has 0 radical (unpaired) electrons. The minimum atomic E-state index is -3.38. The molecule has 0 bridgehead atoms. The Hall–Kier alpha value is -1.11. The largest absolute Gasteiger partial charge is 0.497 e. The SMILES string of the molecule is COc1ccc(CN([C@@H](C)C2CC2)S(=O)(=O)N2CCCC2)cc1. The average Bonchev–Trinajstić information content (AvgIpc) is 3.25. The van der Waals surface area contributed by atoms with Gasteiger partial charge in [-0.15, -0.1) is 0 Å². The molecule has 5 nitrogen and oxygen atoms in total. The molecule has 3 rings (SSSR count).